The van der Waals surface area contributed by atoms with Gasteiger partial charge in [0.1, 0.15) is 0 Å². The predicted octanol–water partition coefficient (Wildman–Crippen LogP) is 3.75. The van der Waals surface area contributed by atoms with Crippen molar-refractivity contribution in [1.82, 2.24) is 14.6 Å². The minimum absolute atomic E-state index is 0.0937. The number of hydrogen-bond donors (Lipinski definition) is 0. The second-order valence-electron chi connectivity index (χ2n) is 7.95. The fourth-order valence-electron chi connectivity index (χ4n) is 4.14. The van der Waals surface area contributed by atoms with E-state index in [0.29, 0.717) is 22.1 Å². The topological polar surface area (TPSA) is 67.6 Å². The van der Waals surface area contributed by atoms with Crippen molar-refractivity contribution in [3.8, 4) is 0 Å². The second kappa shape index (κ2) is 8.06. The van der Waals surface area contributed by atoms with E-state index in [9.17, 15) is 9.59 Å². The molecule has 1 aliphatic heterocycles. The first kappa shape index (κ1) is 19.8. The summed E-state index contributed by atoms with van der Waals surface area (Å²) in [7, 11) is 0. The van der Waals surface area contributed by atoms with Gasteiger partial charge in [0, 0.05) is 24.2 Å². The summed E-state index contributed by atoms with van der Waals surface area (Å²) in [4.78, 5) is 33.1. The lowest BCUT2D eigenvalue weighted by Gasteiger charge is -2.22. The summed E-state index contributed by atoms with van der Waals surface area (Å²) in [6, 6.07) is 9.93. The lowest BCUT2D eigenvalue weighted by Crippen LogP contribution is -2.36. The number of ketones is 1. The fraction of sp³-hybridized carbons (Fsp3) is 0.455. The molecule has 1 atom stereocenters. The van der Waals surface area contributed by atoms with Crippen LogP contribution in [0.2, 0.25) is 0 Å². The summed E-state index contributed by atoms with van der Waals surface area (Å²) in [5, 5.41) is 5.28. The number of rotatable bonds is 6. The summed E-state index contributed by atoms with van der Waals surface area (Å²) in [5.41, 5.74) is 2.54. The lowest BCUT2D eigenvalue weighted by molar-refractivity contribution is -0.120. The monoisotopic (exact) mass is 410 g/mol. The molecule has 0 amide bonds. The summed E-state index contributed by atoms with van der Waals surface area (Å²) < 4.78 is 1.41. The number of nitrogens with zero attached hydrogens (tertiary/aromatic N) is 4. The molecule has 29 heavy (non-hydrogen) atoms. The SMILES string of the molecule is Cc1nc2sc(N3CCC[C@@H]3C(=O)CCc3ccccc3)nn2c(=O)c1C(C)C. The van der Waals surface area contributed by atoms with E-state index < -0.39 is 0 Å². The van der Waals surface area contributed by atoms with Crippen molar-refractivity contribution in [2.75, 3.05) is 11.4 Å². The molecule has 0 radical (unpaired) electrons. The Hall–Kier alpha value is -2.54. The van der Waals surface area contributed by atoms with Gasteiger partial charge in [-0.05, 0) is 37.7 Å². The Morgan fingerprint density at radius 2 is 2.03 bits per heavy atom. The molecule has 0 aliphatic carbocycles. The average molecular weight is 411 g/mol. The van der Waals surface area contributed by atoms with Crippen LogP contribution in [0.5, 0.6) is 0 Å². The minimum atomic E-state index is -0.166. The molecular formula is C22H26N4O2S. The highest BCUT2D eigenvalue weighted by molar-refractivity contribution is 7.20. The van der Waals surface area contributed by atoms with Gasteiger partial charge in [-0.1, -0.05) is 55.5 Å². The zero-order valence-electron chi connectivity index (χ0n) is 17.1. The minimum Gasteiger partial charge on any atom is -0.337 e. The molecular weight excluding hydrogens is 384 g/mol. The Balaban J connectivity index is 1.58. The van der Waals surface area contributed by atoms with Crippen LogP contribution in [0.3, 0.4) is 0 Å². The molecule has 4 rings (SSSR count). The van der Waals surface area contributed by atoms with Crippen molar-refractivity contribution in [2.24, 2.45) is 0 Å². The van der Waals surface area contributed by atoms with Crippen LogP contribution in [0, 0.1) is 6.92 Å². The molecule has 1 aromatic carbocycles. The van der Waals surface area contributed by atoms with E-state index in [2.05, 4.69) is 27.1 Å². The van der Waals surface area contributed by atoms with Crippen molar-refractivity contribution in [2.45, 2.75) is 58.4 Å². The molecule has 152 valence electrons. The zero-order valence-corrected chi connectivity index (χ0v) is 17.9. The number of carbonyl (C=O) groups is 1. The van der Waals surface area contributed by atoms with Gasteiger partial charge in [0.25, 0.3) is 5.56 Å². The third kappa shape index (κ3) is 3.83. The maximum atomic E-state index is 12.9. The Morgan fingerprint density at radius 3 is 2.76 bits per heavy atom. The van der Waals surface area contributed by atoms with Crippen molar-refractivity contribution in [3.05, 3.63) is 57.5 Å². The summed E-state index contributed by atoms with van der Waals surface area (Å²) in [5.74, 6) is 0.334. The molecule has 2 aromatic heterocycles. The van der Waals surface area contributed by atoms with Crippen LogP contribution in [0.25, 0.3) is 4.96 Å². The number of fused-ring (bicyclic) bond motifs is 1. The summed E-state index contributed by atoms with van der Waals surface area (Å²) >= 11 is 1.39. The first-order chi connectivity index (χ1) is 14.0. The van der Waals surface area contributed by atoms with Gasteiger partial charge in [-0.2, -0.15) is 4.52 Å². The molecule has 0 bridgehead atoms. The highest BCUT2D eigenvalue weighted by Crippen LogP contribution is 2.30. The molecule has 1 saturated heterocycles. The highest BCUT2D eigenvalue weighted by Gasteiger charge is 2.33. The van der Waals surface area contributed by atoms with E-state index in [1.165, 1.54) is 21.4 Å². The first-order valence-electron chi connectivity index (χ1n) is 10.2. The van der Waals surface area contributed by atoms with Gasteiger partial charge in [-0.25, -0.2) is 4.98 Å². The van der Waals surface area contributed by atoms with Crippen molar-refractivity contribution in [3.63, 3.8) is 0 Å². The van der Waals surface area contributed by atoms with Crippen molar-refractivity contribution < 1.29 is 4.79 Å². The zero-order chi connectivity index (χ0) is 20.5. The van der Waals surface area contributed by atoms with E-state index in [-0.39, 0.29) is 23.3 Å². The van der Waals surface area contributed by atoms with Crippen LogP contribution in [-0.4, -0.2) is 33.0 Å². The summed E-state index contributed by atoms with van der Waals surface area (Å²) in [6.07, 6.45) is 3.06. The predicted molar refractivity (Wildman–Crippen MR) is 116 cm³/mol. The Bertz CT molecular complexity index is 1090. The van der Waals surface area contributed by atoms with Gasteiger partial charge in [0.2, 0.25) is 10.1 Å². The smallest absolute Gasteiger partial charge is 0.278 e. The Kier molecular flexibility index (Phi) is 5.50. The lowest BCUT2D eigenvalue weighted by atomic mass is 10.0. The van der Waals surface area contributed by atoms with Crippen LogP contribution in [0.1, 0.15) is 55.8 Å². The second-order valence-corrected chi connectivity index (χ2v) is 8.89. The number of aromatic nitrogens is 3. The third-order valence-corrected chi connectivity index (χ3v) is 6.52. The van der Waals surface area contributed by atoms with E-state index in [0.717, 1.165) is 31.5 Å². The van der Waals surface area contributed by atoms with E-state index in [4.69, 9.17) is 0 Å². The molecule has 7 heteroatoms. The molecule has 0 unspecified atom stereocenters. The number of aryl methyl sites for hydroxylation is 2. The fourth-order valence-corrected chi connectivity index (χ4v) is 5.15. The molecule has 0 spiro atoms. The maximum absolute atomic E-state index is 12.9. The van der Waals surface area contributed by atoms with Crippen LogP contribution < -0.4 is 10.5 Å². The van der Waals surface area contributed by atoms with Crippen LogP contribution in [-0.2, 0) is 11.2 Å². The van der Waals surface area contributed by atoms with E-state index in [1.54, 1.807) is 0 Å². The van der Waals surface area contributed by atoms with Crippen LogP contribution >= 0.6 is 11.3 Å². The summed E-state index contributed by atoms with van der Waals surface area (Å²) in [6.45, 7) is 6.65. The average Bonchev–Trinajstić information content (AvgIpc) is 3.33. The molecule has 0 saturated carbocycles. The normalized spacial score (nSPS) is 16.8. The Labute approximate surface area is 174 Å². The molecule has 3 aromatic rings. The Morgan fingerprint density at radius 1 is 1.28 bits per heavy atom. The number of hydrogen-bond acceptors (Lipinski definition) is 6. The van der Waals surface area contributed by atoms with Crippen LogP contribution in [0.15, 0.2) is 35.1 Å². The number of carbonyl (C=O) groups excluding carboxylic acids is 1. The number of anilines is 1. The van der Waals surface area contributed by atoms with E-state index >= 15 is 0 Å². The van der Waals surface area contributed by atoms with Gasteiger partial charge in [-0.15, -0.1) is 5.10 Å². The van der Waals surface area contributed by atoms with E-state index in [1.807, 2.05) is 39.0 Å². The molecule has 1 aliphatic rings. The molecule has 6 nitrogen and oxygen atoms in total. The number of Topliss-reactive ketones (excluding diaryl/α,β-unsaturated/α-hetero) is 1. The first-order valence-corrected chi connectivity index (χ1v) is 11.0. The molecule has 3 heterocycles. The maximum Gasteiger partial charge on any atom is 0.278 e. The van der Waals surface area contributed by atoms with Gasteiger partial charge in [-0.3, -0.25) is 9.59 Å². The van der Waals surface area contributed by atoms with Gasteiger partial charge < -0.3 is 4.90 Å². The number of benzene rings is 1. The largest absolute Gasteiger partial charge is 0.337 e. The highest BCUT2D eigenvalue weighted by atomic mass is 32.1. The van der Waals surface area contributed by atoms with Gasteiger partial charge in [0.15, 0.2) is 5.78 Å². The van der Waals surface area contributed by atoms with Gasteiger partial charge in [0.05, 0.1) is 6.04 Å². The molecule has 1 fully saturated rings. The quantitative estimate of drug-likeness (QED) is 0.619. The third-order valence-electron chi connectivity index (χ3n) is 5.58. The van der Waals surface area contributed by atoms with Crippen molar-refractivity contribution >= 4 is 27.2 Å². The standard InChI is InChI=1S/C22H26N4O2S/c1-14(2)19-15(3)23-21-26(20(19)28)24-22(29-21)25-13-7-10-17(25)18(27)12-11-16-8-5-4-6-9-16/h4-6,8-9,14,17H,7,10-13H2,1-3H3/t17-/m1/s1. The van der Waals surface area contributed by atoms with Crippen molar-refractivity contribution in [1.29, 1.82) is 0 Å². The van der Waals surface area contributed by atoms with Crippen LogP contribution in [0.4, 0.5) is 5.13 Å². The van der Waals surface area contributed by atoms with Gasteiger partial charge >= 0.3 is 0 Å². The molecule has 0 N–H and O–H groups in total.